The zero-order valence-electron chi connectivity index (χ0n) is 12.9. The van der Waals surface area contributed by atoms with Crippen LogP contribution < -0.4 is 4.74 Å². The number of aryl methyl sites for hydroxylation is 2. The fourth-order valence-corrected chi connectivity index (χ4v) is 2.75. The lowest BCUT2D eigenvalue weighted by molar-refractivity contribution is 0.112. The van der Waals surface area contributed by atoms with Gasteiger partial charge in [-0.2, -0.15) is 0 Å². The van der Waals surface area contributed by atoms with Crippen molar-refractivity contribution in [2.45, 2.75) is 27.0 Å². The van der Waals surface area contributed by atoms with Crippen LogP contribution in [-0.4, -0.2) is 10.9 Å². The highest BCUT2D eigenvalue weighted by Gasteiger charge is 2.04. The monoisotopic (exact) mass is 293 g/mol. The fourth-order valence-electron chi connectivity index (χ4n) is 2.75. The third-order valence-electron chi connectivity index (χ3n) is 3.92. The summed E-state index contributed by atoms with van der Waals surface area (Å²) in [5, 5.41) is 1.20. The molecule has 22 heavy (non-hydrogen) atoms. The lowest BCUT2D eigenvalue weighted by atomic mass is 10.2. The van der Waals surface area contributed by atoms with E-state index in [9.17, 15) is 4.79 Å². The lowest BCUT2D eigenvalue weighted by Gasteiger charge is -2.11. The zero-order valence-corrected chi connectivity index (χ0v) is 12.9. The first-order chi connectivity index (χ1) is 10.7. The van der Waals surface area contributed by atoms with Gasteiger partial charge in [0, 0.05) is 23.3 Å². The first-order valence-electron chi connectivity index (χ1n) is 7.48. The van der Waals surface area contributed by atoms with E-state index < -0.39 is 0 Å². The SMILES string of the molecule is CCn1c(C)cc2ccc(C=O)cc21.c1cc2ccc1CO2. The molecule has 2 aliphatic heterocycles. The largest absolute Gasteiger partial charge is 0.489 e. The Bertz CT molecular complexity index is 777. The molecule has 0 aliphatic carbocycles. The Hall–Kier alpha value is -2.55. The van der Waals surface area contributed by atoms with Gasteiger partial charge in [0.15, 0.2) is 0 Å². The average molecular weight is 293 g/mol. The minimum atomic E-state index is 0.741. The summed E-state index contributed by atoms with van der Waals surface area (Å²) in [6, 6.07) is 16.1. The average Bonchev–Trinajstić information content (AvgIpc) is 2.91. The van der Waals surface area contributed by atoms with Crippen LogP contribution in [-0.2, 0) is 13.2 Å². The topological polar surface area (TPSA) is 31.2 Å². The number of rotatable bonds is 2. The number of aromatic nitrogens is 1. The standard InChI is InChI=1S/C12H13NO.C7H6O/c1-3-13-9(2)6-11-5-4-10(8-14)7-12(11)13;1-3-7-4-2-6(1)5-8-7/h4-8H,3H2,1-2H3;1-4H,5H2. The number of carbonyl (C=O) groups is 1. The summed E-state index contributed by atoms with van der Waals surface area (Å²) in [4.78, 5) is 10.6. The maximum atomic E-state index is 10.6. The summed E-state index contributed by atoms with van der Waals surface area (Å²) >= 11 is 0. The van der Waals surface area contributed by atoms with Crippen LogP contribution in [0.1, 0.15) is 28.5 Å². The first kappa shape index (κ1) is 14.4. The van der Waals surface area contributed by atoms with Crippen molar-refractivity contribution < 1.29 is 9.53 Å². The highest BCUT2D eigenvalue weighted by molar-refractivity contribution is 5.88. The van der Waals surface area contributed by atoms with E-state index in [1.54, 1.807) is 0 Å². The molecule has 3 aromatic rings. The Morgan fingerprint density at radius 2 is 1.91 bits per heavy atom. The fraction of sp³-hybridized carbons (Fsp3) is 0.211. The van der Waals surface area contributed by atoms with Gasteiger partial charge in [0.2, 0.25) is 0 Å². The second-order valence-electron chi connectivity index (χ2n) is 5.40. The van der Waals surface area contributed by atoms with Crippen LogP contribution in [0.2, 0.25) is 0 Å². The van der Waals surface area contributed by atoms with Crippen molar-refractivity contribution in [2.75, 3.05) is 0 Å². The van der Waals surface area contributed by atoms with Crippen molar-refractivity contribution in [3.8, 4) is 5.75 Å². The molecule has 0 spiro atoms. The molecule has 0 saturated heterocycles. The molecule has 3 heterocycles. The first-order valence-corrected chi connectivity index (χ1v) is 7.48. The van der Waals surface area contributed by atoms with E-state index >= 15 is 0 Å². The lowest BCUT2D eigenvalue weighted by Crippen LogP contribution is -2.00. The number of aldehydes is 1. The second-order valence-corrected chi connectivity index (χ2v) is 5.40. The minimum Gasteiger partial charge on any atom is -0.489 e. The van der Waals surface area contributed by atoms with Crippen LogP contribution in [0, 0.1) is 6.92 Å². The highest BCUT2D eigenvalue weighted by atomic mass is 16.5. The van der Waals surface area contributed by atoms with Crippen LogP contribution in [0.3, 0.4) is 0 Å². The number of nitrogens with zero attached hydrogens (tertiary/aromatic N) is 1. The highest BCUT2D eigenvalue weighted by Crippen LogP contribution is 2.20. The third-order valence-corrected chi connectivity index (χ3v) is 3.92. The molecule has 0 unspecified atom stereocenters. The smallest absolute Gasteiger partial charge is 0.150 e. The summed E-state index contributed by atoms with van der Waals surface area (Å²) in [5.41, 5.74) is 4.39. The number of hydrogen-bond donors (Lipinski definition) is 0. The van der Waals surface area contributed by atoms with E-state index in [2.05, 4.69) is 36.6 Å². The zero-order chi connectivity index (χ0) is 15.5. The van der Waals surface area contributed by atoms with E-state index in [0.717, 1.165) is 36.3 Å². The van der Waals surface area contributed by atoms with Crippen LogP contribution in [0.4, 0.5) is 0 Å². The van der Waals surface area contributed by atoms with Gasteiger partial charge in [0.25, 0.3) is 0 Å². The van der Waals surface area contributed by atoms with Crippen molar-refractivity contribution >= 4 is 17.2 Å². The van der Waals surface area contributed by atoms with Gasteiger partial charge in [-0.1, -0.05) is 24.3 Å². The maximum absolute atomic E-state index is 10.6. The molecule has 1 aromatic heterocycles. The van der Waals surface area contributed by atoms with E-state index in [4.69, 9.17) is 4.74 Å². The quantitative estimate of drug-likeness (QED) is 0.657. The van der Waals surface area contributed by atoms with Gasteiger partial charge in [-0.05, 0) is 49.1 Å². The van der Waals surface area contributed by atoms with Gasteiger partial charge in [0.05, 0.1) is 0 Å². The second kappa shape index (κ2) is 6.06. The Kier molecular flexibility index (Phi) is 3.96. The molecular weight excluding hydrogens is 274 g/mol. The molecule has 3 heteroatoms. The molecular formula is C19H19NO2. The Morgan fingerprint density at radius 1 is 1.14 bits per heavy atom. The van der Waals surface area contributed by atoms with Crippen molar-refractivity contribution in [3.63, 3.8) is 0 Å². The summed E-state index contributed by atoms with van der Waals surface area (Å²) in [7, 11) is 0. The number of fused-ring (bicyclic) bond motifs is 4. The molecule has 0 radical (unpaired) electrons. The third kappa shape index (κ3) is 2.75. The maximum Gasteiger partial charge on any atom is 0.150 e. The molecule has 0 atom stereocenters. The number of ether oxygens (including phenoxy) is 1. The molecule has 0 amide bonds. The van der Waals surface area contributed by atoms with Gasteiger partial charge >= 0.3 is 0 Å². The molecule has 0 saturated carbocycles. The summed E-state index contributed by atoms with van der Waals surface area (Å²) in [6.45, 7) is 5.91. The van der Waals surface area contributed by atoms with Crippen molar-refractivity contribution in [1.82, 2.24) is 4.57 Å². The van der Waals surface area contributed by atoms with Crippen molar-refractivity contribution in [3.05, 3.63) is 65.4 Å². The molecule has 0 fully saturated rings. The van der Waals surface area contributed by atoms with Gasteiger partial charge in [-0.25, -0.2) is 0 Å². The predicted molar refractivity (Wildman–Crippen MR) is 88.5 cm³/mol. The number of benzene rings is 2. The van der Waals surface area contributed by atoms with Gasteiger partial charge in [0.1, 0.15) is 18.6 Å². The molecule has 2 aromatic carbocycles. The Morgan fingerprint density at radius 3 is 2.36 bits per heavy atom. The molecule has 3 nitrogen and oxygen atoms in total. The number of carbonyl (C=O) groups excluding carboxylic acids is 1. The molecule has 2 aliphatic rings. The Labute approximate surface area is 130 Å². The van der Waals surface area contributed by atoms with E-state index in [1.807, 2.05) is 30.3 Å². The molecule has 5 rings (SSSR count). The van der Waals surface area contributed by atoms with Crippen LogP contribution in [0.15, 0.2) is 48.5 Å². The van der Waals surface area contributed by atoms with Crippen LogP contribution in [0.5, 0.6) is 5.75 Å². The summed E-state index contributed by atoms with van der Waals surface area (Å²) in [5.74, 6) is 0.986. The van der Waals surface area contributed by atoms with E-state index in [0.29, 0.717) is 0 Å². The summed E-state index contributed by atoms with van der Waals surface area (Å²) in [6.07, 6.45) is 0.891. The van der Waals surface area contributed by atoms with E-state index in [-0.39, 0.29) is 0 Å². The van der Waals surface area contributed by atoms with Crippen LogP contribution >= 0.6 is 0 Å². The summed E-state index contributed by atoms with van der Waals surface area (Å²) < 4.78 is 7.39. The van der Waals surface area contributed by atoms with Crippen molar-refractivity contribution in [1.29, 1.82) is 0 Å². The Balaban J connectivity index is 0.000000151. The number of hydrogen-bond acceptors (Lipinski definition) is 2. The molecule has 112 valence electrons. The van der Waals surface area contributed by atoms with Crippen LogP contribution in [0.25, 0.3) is 10.9 Å². The van der Waals surface area contributed by atoms with Gasteiger partial charge < -0.3 is 9.30 Å². The normalized spacial score (nSPS) is 11.7. The van der Waals surface area contributed by atoms with Gasteiger partial charge in [-0.3, -0.25) is 4.79 Å². The minimum absolute atomic E-state index is 0.741. The van der Waals surface area contributed by atoms with Crippen molar-refractivity contribution in [2.24, 2.45) is 0 Å². The molecule has 2 bridgehead atoms. The predicted octanol–water partition coefficient (Wildman–Crippen LogP) is 4.36. The van der Waals surface area contributed by atoms with E-state index in [1.165, 1.54) is 16.6 Å². The molecule has 0 N–H and O–H groups in total. The van der Waals surface area contributed by atoms with Gasteiger partial charge in [-0.15, -0.1) is 0 Å².